The maximum atomic E-state index is 13.4. The maximum Gasteiger partial charge on any atom is 0.333 e. The Morgan fingerprint density at radius 3 is 1.55 bits per heavy atom. The van der Waals surface area contributed by atoms with E-state index in [1.807, 2.05) is 27.7 Å². The van der Waals surface area contributed by atoms with Crippen LogP contribution in [0.15, 0.2) is 23.3 Å². The van der Waals surface area contributed by atoms with Crippen molar-refractivity contribution in [2.45, 2.75) is 285 Å². The standard InChI is InChI=1S/C60H96O23/c1-14-28(2)55(66)79-43-26-42-57(8)18-16-35(21-34(57)15-19-59(42,67)60(68)20-17-36(29(3)62)58(43,60)9)77-44-22-37(69-10)51(30(4)73-44)80-45-23-38(70-11)52(31(5)74-45)81-46-24-39(71-12)53(32(6)75-46)82-47-25-40(72-13)54(33(7)76-47)83-56-50(65)49(64)48(63)41(27-61)78-56/h14-15,30-33,35-54,56,61,63-65,67-68H,16-27H2,1-13H3/b28-14+/t30-,31-,32-,33-,35+,36-,37+,38+,39-,40+,41-,42-,43-,44+,45+,46+,47+,48-,49+,50-,51-,52-,53-,54-,56+,57+,58+,59+,60-/m1/s1. The van der Waals surface area contributed by atoms with Crippen LogP contribution in [-0.2, 0) is 80.6 Å². The third-order valence-electron chi connectivity index (χ3n) is 21.0. The number of ether oxygens (including phenoxy) is 15. The van der Waals surface area contributed by atoms with Gasteiger partial charge in [0.25, 0.3) is 0 Å². The number of ketones is 1. The first-order valence-electron chi connectivity index (χ1n) is 30.1. The van der Waals surface area contributed by atoms with Crippen LogP contribution >= 0.6 is 0 Å². The van der Waals surface area contributed by atoms with Gasteiger partial charge in [0, 0.05) is 76.9 Å². The molecule has 0 amide bonds. The van der Waals surface area contributed by atoms with Gasteiger partial charge in [-0.15, -0.1) is 0 Å². The summed E-state index contributed by atoms with van der Waals surface area (Å²) in [6, 6.07) is 0. The lowest BCUT2D eigenvalue weighted by atomic mass is 9.43. The average Bonchev–Trinajstić information content (AvgIpc) is 1.70. The maximum absolute atomic E-state index is 13.4. The fourth-order valence-corrected chi connectivity index (χ4v) is 16.0. The molecule has 9 aliphatic rings. The van der Waals surface area contributed by atoms with Crippen molar-refractivity contribution in [3.05, 3.63) is 23.3 Å². The van der Waals surface area contributed by atoms with Crippen LogP contribution in [0.2, 0.25) is 0 Å². The number of aliphatic hydroxyl groups is 6. The molecule has 29 atom stereocenters. The monoisotopic (exact) mass is 1180 g/mol. The van der Waals surface area contributed by atoms with Crippen molar-refractivity contribution in [1.29, 1.82) is 0 Å². The Morgan fingerprint density at radius 2 is 1.11 bits per heavy atom. The third-order valence-corrected chi connectivity index (χ3v) is 21.0. The number of carbonyl (C=O) groups excluding carboxylic acids is 2. The molecule has 0 aromatic carbocycles. The van der Waals surface area contributed by atoms with Gasteiger partial charge in [0.1, 0.15) is 71.9 Å². The Bertz CT molecular complexity index is 2290. The summed E-state index contributed by atoms with van der Waals surface area (Å²) < 4.78 is 94.3. The van der Waals surface area contributed by atoms with Gasteiger partial charge >= 0.3 is 5.97 Å². The minimum Gasteiger partial charge on any atom is -0.458 e. The minimum absolute atomic E-state index is 0.0862. The molecule has 5 saturated heterocycles. The molecule has 83 heavy (non-hydrogen) atoms. The first-order valence-corrected chi connectivity index (χ1v) is 30.1. The van der Waals surface area contributed by atoms with Crippen LogP contribution in [0.1, 0.15) is 133 Å². The first-order chi connectivity index (χ1) is 39.3. The van der Waals surface area contributed by atoms with E-state index in [1.54, 1.807) is 48.2 Å². The second-order valence-electron chi connectivity index (χ2n) is 25.5. The number of hydrogen-bond acceptors (Lipinski definition) is 23. The predicted molar refractivity (Wildman–Crippen MR) is 291 cm³/mol. The fraction of sp³-hybridized carbons (Fsp3) is 0.900. The Morgan fingerprint density at radius 1 is 0.639 bits per heavy atom. The smallest absolute Gasteiger partial charge is 0.333 e. The van der Waals surface area contributed by atoms with E-state index < -0.39 is 182 Å². The van der Waals surface area contributed by atoms with E-state index in [9.17, 15) is 40.2 Å². The van der Waals surface area contributed by atoms with Gasteiger partial charge in [0.05, 0.1) is 61.5 Å². The third kappa shape index (κ3) is 12.1. The van der Waals surface area contributed by atoms with Crippen molar-refractivity contribution in [3.63, 3.8) is 0 Å². The summed E-state index contributed by atoms with van der Waals surface area (Å²) in [5.74, 6) is -1.60. The summed E-state index contributed by atoms with van der Waals surface area (Å²) in [6.45, 7) is 15.8. The molecule has 3 saturated carbocycles. The van der Waals surface area contributed by atoms with Crippen molar-refractivity contribution in [1.82, 2.24) is 0 Å². The second kappa shape index (κ2) is 26.1. The van der Waals surface area contributed by atoms with Gasteiger partial charge in [-0.3, -0.25) is 4.79 Å². The average molecular weight is 1190 g/mol. The molecule has 0 aromatic rings. The van der Waals surface area contributed by atoms with Gasteiger partial charge in [0.2, 0.25) is 0 Å². The summed E-state index contributed by atoms with van der Waals surface area (Å²) in [6.07, 6.45) is -9.38. The van der Waals surface area contributed by atoms with Gasteiger partial charge in [-0.05, 0) is 98.8 Å². The largest absolute Gasteiger partial charge is 0.458 e. The zero-order valence-corrected chi connectivity index (χ0v) is 50.7. The Balaban J connectivity index is 0.771. The van der Waals surface area contributed by atoms with E-state index in [0.717, 1.165) is 5.57 Å². The van der Waals surface area contributed by atoms with Crippen LogP contribution in [-0.4, -0.2) is 230 Å². The topological polar surface area (TPSA) is 294 Å². The zero-order valence-electron chi connectivity index (χ0n) is 50.7. The molecule has 4 aliphatic carbocycles. The van der Waals surface area contributed by atoms with Crippen LogP contribution in [0.4, 0.5) is 0 Å². The SMILES string of the molecule is C/C=C(\C)C(=O)O[C@@H]1C[C@@H]2[C@@]3(C)CC[C@H](O[C@H]4C[C@H](OC)[C@H](O[C@H]5C[C@H](OC)[C@H](O[C@H]6C[C@@H](OC)[C@H](O[C@H]7C[C@H](OC)[C@H](O[C@@H]8O[C@H](CO)[C@@H](O)[C@H](O)[C@H]8O)[C@@H](C)O7)[C@@H](C)O6)[C@@H](C)O5)[C@@H](C)O4)CC3=CC[C@@]2(O)[C@@]2(O)CC[C@H](C(C)=O)[C@@]12C. The highest BCUT2D eigenvalue weighted by molar-refractivity contribution is 5.88. The van der Waals surface area contributed by atoms with E-state index in [1.165, 1.54) is 14.0 Å². The van der Waals surface area contributed by atoms with Crippen molar-refractivity contribution in [3.8, 4) is 0 Å². The zero-order chi connectivity index (χ0) is 60.2. The van der Waals surface area contributed by atoms with Gasteiger partial charge < -0.3 is 102 Å². The van der Waals surface area contributed by atoms with Crippen molar-refractivity contribution in [2.24, 2.45) is 22.7 Å². The van der Waals surface area contributed by atoms with E-state index in [2.05, 4.69) is 13.0 Å². The predicted octanol–water partition coefficient (Wildman–Crippen LogP) is 3.20. The lowest BCUT2D eigenvalue weighted by Crippen LogP contribution is -2.75. The van der Waals surface area contributed by atoms with Gasteiger partial charge in [0.15, 0.2) is 31.5 Å². The summed E-state index contributed by atoms with van der Waals surface area (Å²) in [7, 11) is 6.38. The molecule has 0 radical (unpaired) electrons. The number of carbonyl (C=O) groups is 2. The quantitative estimate of drug-likeness (QED) is 0.0652. The van der Waals surface area contributed by atoms with Crippen LogP contribution in [0, 0.1) is 22.7 Å². The molecule has 0 spiro atoms. The molecule has 474 valence electrons. The highest BCUT2D eigenvalue weighted by atomic mass is 16.8. The van der Waals surface area contributed by atoms with Gasteiger partial charge in [-0.25, -0.2) is 4.79 Å². The number of aliphatic hydroxyl groups excluding tert-OH is 4. The van der Waals surface area contributed by atoms with Crippen LogP contribution in [0.3, 0.4) is 0 Å². The van der Waals surface area contributed by atoms with E-state index >= 15 is 0 Å². The van der Waals surface area contributed by atoms with Crippen LogP contribution in [0.5, 0.6) is 0 Å². The number of Topliss-reactive ketones (excluding diaryl/α,β-unsaturated/α-hetero) is 1. The summed E-state index contributed by atoms with van der Waals surface area (Å²) in [5.41, 5.74) is -3.38. The van der Waals surface area contributed by atoms with E-state index in [4.69, 9.17) is 71.1 Å². The second-order valence-corrected chi connectivity index (χ2v) is 25.5. The van der Waals surface area contributed by atoms with Crippen LogP contribution in [0.25, 0.3) is 0 Å². The lowest BCUT2D eigenvalue weighted by molar-refractivity contribution is -0.358. The lowest BCUT2D eigenvalue weighted by Gasteiger charge is -2.66. The summed E-state index contributed by atoms with van der Waals surface area (Å²) in [4.78, 5) is 26.6. The Kier molecular flexibility index (Phi) is 20.5. The Labute approximate surface area is 488 Å². The van der Waals surface area contributed by atoms with Gasteiger partial charge in [-0.2, -0.15) is 0 Å². The van der Waals surface area contributed by atoms with E-state index in [0.29, 0.717) is 56.9 Å². The molecule has 0 aromatic heterocycles. The number of allylic oxidation sites excluding steroid dienone is 1. The summed E-state index contributed by atoms with van der Waals surface area (Å²) >= 11 is 0. The Hall–Kier alpha value is -2.18. The molecule has 0 bridgehead atoms. The molecular formula is C60H96O23. The molecule has 23 heteroatoms. The van der Waals surface area contributed by atoms with Crippen LogP contribution < -0.4 is 0 Å². The minimum atomic E-state index is -1.67. The number of methoxy groups -OCH3 is 4. The van der Waals surface area contributed by atoms with E-state index in [-0.39, 0.29) is 31.1 Å². The number of fused-ring (bicyclic) bond motifs is 5. The molecule has 6 N–H and O–H groups in total. The van der Waals surface area contributed by atoms with Gasteiger partial charge in [-0.1, -0.05) is 31.6 Å². The molecule has 23 nitrogen and oxygen atoms in total. The molecule has 5 heterocycles. The molecule has 8 fully saturated rings. The fourth-order valence-electron chi connectivity index (χ4n) is 16.0. The first kappa shape index (κ1) is 65.3. The van der Waals surface area contributed by atoms with Crippen molar-refractivity contribution in [2.75, 3.05) is 35.0 Å². The van der Waals surface area contributed by atoms with Crippen molar-refractivity contribution < 1.29 is 111 Å². The number of hydrogen-bond donors (Lipinski definition) is 6. The number of esters is 1. The molecular weight excluding hydrogens is 1090 g/mol. The summed E-state index contributed by atoms with van der Waals surface area (Å²) in [5, 5.41) is 66.7. The highest BCUT2D eigenvalue weighted by Crippen LogP contribution is 2.70. The molecule has 0 unspecified atom stereocenters. The molecule has 5 aliphatic heterocycles. The van der Waals surface area contributed by atoms with Crippen molar-refractivity contribution >= 4 is 11.8 Å². The number of rotatable bonds is 18. The molecule has 9 rings (SSSR count). The highest BCUT2D eigenvalue weighted by Gasteiger charge is 2.77. The normalized spacial score (nSPS) is 50.4.